The van der Waals surface area contributed by atoms with Crippen LogP contribution in [0.4, 0.5) is 14.9 Å². The molecular formula is C17H16FN3O3. The predicted molar refractivity (Wildman–Crippen MR) is 87.0 cm³/mol. The van der Waals surface area contributed by atoms with Crippen molar-refractivity contribution < 1.29 is 18.7 Å². The average molecular weight is 329 g/mol. The van der Waals surface area contributed by atoms with Gasteiger partial charge >= 0.3 is 6.09 Å². The fourth-order valence-corrected chi connectivity index (χ4v) is 2.58. The molecule has 0 spiro atoms. The Morgan fingerprint density at radius 1 is 1.25 bits per heavy atom. The number of primary amides is 1. The van der Waals surface area contributed by atoms with E-state index in [0.29, 0.717) is 28.9 Å². The number of benzene rings is 2. The zero-order valence-electron chi connectivity index (χ0n) is 12.7. The van der Waals surface area contributed by atoms with Crippen molar-refractivity contribution in [3.63, 3.8) is 0 Å². The number of anilines is 1. The third kappa shape index (κ3) is 2.93. The maximum Gasteiger partial charge on any atom is 0.414 e. The van der Waals surface area contributed by atoms with Crippen LogP contribution in [0.1, 0.15) is 10.4 Å². The predicted octanol–water partition coefficient (Wildman–Crippen LogP) is 1.88. The maximum absolute atomic E-state index is 14.5. The molecule has 1 atom stereocenters. The highest BCUT2D eigenvalue weighted by molar-refractivity contribution is 5.93. The van der Waals surface area contributed by atoms with Gasteiger partial charge < -0.3 is 16.2 Å². The van der Waals surface area contributed by atoms with Crippen LogP contribution in [0.25, 0.3) is 11.1 Å². The van der Waals surface area contributed by atoms with Gasteiger partial charge in [-0.1, -0.05) is 12.1 Å². The normalized spacial score (nSPS) is 17.0. The van der Waals surface area contributed by atoms with E-state index in [1.165, 1.54) is 23.1 Å². The molecule has 2 aromatic rings. The number of amides is 2. The highest BCUT2D eigenvalue weighted by Crippen LogP contribution is 2.29. The first-order valence-corrected chi connectivity index (χ1v) is 7.37. The van der Waals surface area contributed by atoms with Crippen LogP contribution in [-0.2, 0) is 4.74 Å². The molecule has 0 saturated carbocycles. The minimum atomic E-state index is -0.542. The summed E-state index contributed by atoms with van der Waals surface area (Å²) in [5.41, 5.74) is 12.4. The fourth-order valence-electron chi connectivity index (χ4n) is 2.58. The number of rotatable bonds is 4. The lowest BCUT2D eigenvalue weighted by atomic mass is 10.0. The van der Waals surface area contributed by atoms with E-state index >= 15 is 0 Å². The second-order valence-corrected chi connectivity index (χ2v) is 5.46. The van der Waals surface area contributed by atoms with Crippen LogP contribution in [0.15, 0.2) is 42.5 Å². The van der Waals surface area contributed by atoms with Gasteiger partial charge in [-0.2, -0.15) is 0 Å². The molecule has 1 saturated heterocycles. The summed E-state index contributed by atoms with van der Waals surface area (Å²) in [4.78, 5) is 24.2. The monoisotopic (exact) mass is 329 g/mol. The van der Waals surface area contributed by atoms with E-state index in [-0.39, 0.29) is 12.6 Å². The summed E-state index contributed by atoms with van der Waals surface area (Å²) in [6, 6.07) is 10.8. The van der Waals surface area contributed by atoms with Gasteiger partial charge in [-0.15, -0.1) is 0 Å². The van der Waals surface area contributed by atoms with Crippen LogP contribution in [0, 0.1) is 5.82 Å². The van der Waals surface area contributed by atoms with E-state index < -0.39 is 17.8 Å². The van der Waals surface area contributed by atoms with Crippen molar-refractivity contribution in [3.05, 3.63) is 53.8 Å². The number of carbonyl (C=O) groups excluding carboxylic acids is 2. The van der Waals surface area contributed by atoms with Crippen molar-refractivity contribution in [1.82, 2.24) is 0 Å². The number of nitrogens with two attached hydrogens (primary N) is 2. The van der Waals surface area contributed by atoms with Crippen LogP contribution in [0.2, 0.25) is 0 Å². The number of ether oxygens (including phenoxy) is 1. The Kier molecular flexibility index (Phi) is 4.18. The summed E-state index contributed by atoms with van der Waals surface area (Å²) in [6.07, 6.45) is -0.926. The molecular weight excluding hydrogens is 313 g/mol. The average Bonchev–Trinajstić information content (AvgIpc) is 2.96. The lowest BCUT2D eigenvalue weighted by Gasteiger charge is -2.14. The maximum atomic E-state index is 14.5. The molecule has 1 unspecified atom stereocenters. The Balaban J connectivity index is 1.87. The van der Waals surface area contributed by atoms with Crippen molar-refractivity contribution in [2.45, 2.75) is 6.10 Å². The van der Waals surface area contributed by atoms with Crippen molar-refractivity contribution in [2.75, 3.05) is 18.0 Å². The van der Waals surface area contributed by atoms with E-state index in [2.05, 4.69) is 0 Å². The summed E-state index contributed by atoms with van der Waals surface area (Å²) < 4.78 is 19.5. The molecule has 0 radical (unpaired) electrons. The highest BCUT2D eigenvalue weighted by Gasteiger charge is 2.31. The molecule has 0 bridgehead atoms. The van der Waals surface area contributed by atoms with Crippen LogP contribution in [-0.4, -0.2) is 31.2 Å². The van der Waals surface area contributed by atoms with Gasteiger partial charge in [0, 0.05) is 17.7 Å². The minimum absolute atomic E-state index is 0.217. The van der Waals surface area contributed by atoms with E-state index in [1.54, 1.807) is 24.3 Å². The van der Waals surface area contributed by atoms with Crippen LogP contribution < -0.4 is 16.4 Å². The molecule has 4 N–H and O–H groups in total. The molecule has 0 aromatic heterocycles. The Bertz CT molecular complexity index is 792. The van der Waals surface area contributed by atoms with Gasteiger partial charge in [0.05, 0.1) is 12.2 Å². The highest BCUT2D eigenvalue weighted by atomic mass is 19.1. The first-order valence-electron chi connectivity index (χ1n) is 7.37. The van der Waals surface area contributed by atoms with Gasteiger partial charge in [-0.25, -0.2) is 9.18 Å². The van der Waals surface area contributed by atoms with E-state index in [9.17, 15) is 14.0 Å². The summed E-state index contributed by atoms with van der Waals surface area (Å²) in [5.74, 6) is -1.03. The van der Waals surface area contributed by atoms with E-state index in [1.807, 2.05) is 0 Å². The molecule has 24 heavy (non-hydrogen) atoms. The van der Waals surface area contributed by atoms with Crippen molar-refractivity contribution in [1.29, 1.82) is 0 Å². The van der Waals surface area contributed by atoms with Gasteiger partial charge in [0.1, 0.15) is 11.9 Å². The SMILES string of the molecule is NCC1CN(c2ccc(-c3ccc(C(N)=O)cc3)c(F)c2)C(=O)O1. The standard InChI is InChI=1S/C17H16FN3O3/c18-15-7-12(21-9-13(8-19)24-17(21)23)5-6-14(15)10-1-3-11(4-2-10)16(20)22/h1-7,13H,8-9,19H2,(H2,20,22). The second kappa shape index (κ2) is 6.29. The van der Waals surface area contributed by atoms with Crippen molar-refractivity contribution in [3.8, 4) is 11.1 Å². The molecule has 2 aromatic carbocycles. The van der Waals surface area contributed by atoms with E-state index in [4.69, 9.17) is 16.2 Å². The Labute approximate surface area is 137 Å². The molecule has 2 amide bonds. The van der Waals surface area contributed by atoms with Crippen molar-refractivity contribution >= 4 is 17.7 Å². The largest absolute Gasteiger partial charge is 0.443 e. The first kappa shape index (κ1) is 15.9. The molecule has 7 heteroatoms. The fraction of sp³-hybridized carbons (Fsp3) is 0.176. The van der Waals surface area contributed by atoms with Crippen LogP contribution in [0.5, 0.6) is 0 Å². The number of hydrogen-bond donors (Lipinski definition) is 2. The number of carbonyl (C=O) groups is 2. The zero-order valence-corrected chi connectivity index (χ0v) is 12.7. The number of hydrogen-bond acceptors (Lipinski definition) is 4. The topological polar surface area (TPSA) is 98.6 Å². The minimum Gasteiger partial charge on any atom is -0.443 e. The zero-order chi connectivity index (χ0) is 17.3. The lowest BCUT2D eigenvalue weighted by molar-refractivity contribution is 0.1000. The summed E-state index contributed by atoms with van der Waals surface area (Å²) >= 11 is 0. The number of cyclic esters (lactones) is 1. The third-order valence-corrected chi connectivity index (χ3v) is 3.88. The summed E-state index contributed by atoms with van der Waals surface area (Å²) in [6.45, 7) is 0.510. The summed E-state index contributed by atoms with van der Waals surface area (Å²) in [7, 11) is 0. The van der Waals surface area contributed by atoms with Gasteiger partial charge in [0.15, 0.2) is 0 Å². The second-order valence-electron chi connectivity index (χ2n) is 5.46. The molecule has 1 aliphatic rings. The smallest absolute Gasteiger partial charge is 0.414 e. The molecule has 124 valence electrons. The molecule has 1 aliphatic heterocycles. The number of nitrogens with zero attached hydrogens (tertiary/aromatic N) is 1. The quantitative estimate of drug-likeness (QED) is 0.894. The third-order valence-electron chi connectivity index (χ3n) is 3.88. The summed E-state index contributed by atoms with van der Waals surface area (Å²) in [5, 5.41) is 0. The molecule has 3 rings (SSSR count). The Morgan fingerprint density at radius 3 is 2.50 bits per heavy atom. The number of halogens is 1. The molecule has 1 fully saturated rings. The van der Waals surface area contributed by atoms with Crippen molar-refractivity contribution in [2.24, 2.45) is 11.5 Å². The van der Waals surface area contributed by atoms with Gasteiger partial charge in [0.2, 0.25) is 5.91 Å². The van der Waals surface area contributed by atoms with Crippen LogP contribution >= 0.6 is 0 Å². The van der Waals surface area contributed by atoms with Crippen LogP contribution in [0.3, 0.4) is 0 Å². The van der Waals surface area contributed by atoms with Gasteiger partial charge in [0.25, 0.3) is 0 Å². The first-order chi connectivity index (χ1) is 11.5. The molecule has 6 nitrogen and oxygen atoms in total. The Morgan fingerprint density at radius 2 is 1.96 bits per heavy atom. The molecule has 0 aliphatic carbocycles. The Hall–Kier alpha value is -2.93. The lowest BCUT2D eigenvalue weighted by Crippen LogP contribution is -2.27. The van der Waals surface area contributed by atoms with E-state index in [0.717, 1.165) is 0 Å². The molecule has 1 heterocycles. The van der Waals surface area contributed by atoms with Gasteiger partial charge in [-0.05, 0) is 35.9 Å². The van der Waals surface area contributed by atoms with Gasteiger partial charge in [-0.3, -0.25) is 9.69 Å².